The number of aromatic hydroxyl groups is 1. The van der Waals surface area contributed by atoms with Crippen LogP contribution in [0.15, 0.2) is 63.8 Å². The Morgan fingerprint density at radius 2 is 1.59 bits per heavy atom. The van der Waals surface area contributed by atoms with E-state index in [1.54, 1.807) is 24.3 Å². The number of carboxylic acid groups (broad SMARTS) is 2. The number of fused-ring (bicyclic) bond motifs is 2. The average molecular weight is 645 g/mol. The van der Waals surface area contributed by atoms with Gasteiger partial charge in [-0.1, -0.05) is 63.4 Å². The van der Waals surface area contributed by atoms with Gasteiger partial charge in [-0.05, 0) is 72.0 Å². The number of thiocarbonyl (C=S) groups is 1. The highest BCUT2D eigenvalue weighted by molar-refractivity contribution is 7.80. The van der Waals surface area contributed by atoms with E-state index in [0.29, 0.717) is 59.8 Å². The number of hydrogen-bond acceptors (Lipinski definition) is 7. The van der Waals surface area contributed by atoms with Crippen molar-refractivity contribution in [3.8, 4) is 28.2 Å². The number of phenolic OH excluding ortho intramolecular Hbond substituents is 1. The first-order chi connectivity index (χ1) is 22.1. The lowest BCUT2D eigenvalue weighted by molar-refractivity contribution is -0.144. The standard InChI is InChI=1S/C37H40O8S/c1-2-3-4-7-10-25(38)20-24(36(41)42)9-6-5-8-11-28(46)18-23-12-15-29(32(19-23)37(43)44)35-30-16-13-26(39)21-33(30)45-34-22-27(40)14-17-31(34)35/h12-17,19,21-22,24,39H,2-11,18,20H2,1H3,(H,41,42)(H,43,44). The van der Waals surface area contributed by atoms with Gasteiger partial charge in [0.25, 0.3) is 0 Å². The number of phenols is 1. The van der Waals surface area contributed by atoms with Gasteiger partial charge < -0.3 is 19.7 Å². The van der Waals surface area contributed by atoms with Gasteiger partial charge in [0, 0.05) is 47.9 Å². The molecule has 242 valence electrons. The van der Waals surface area contributed by atoms with Crippen molar-refractivity contribution in [3.05, 3.63) is 75.9 Å². The summed E-state index contributed by atoms with van der Waals surface area (Å²) in [5, 5.41) is 30.4. The fraction of sp³-hybridized carbons (Fsp3) is 0.378. The predicted octanol–water partition coefficient (Wildman–Crippen LogP) is 8.46. The van der Waals surface area contributed by atoms with Crippen molar-refractivity contribution in [1.82, 2.24) is 0 Å². The number of Topliss-reactive ketones (excluding diaryl/α,β-unsaturated/α-hetero) is 1. The maximum absolute atomic E-state index is 12.5. The lowest BCUT2D eigenvalue weighted by Crippen LogP contribution is -2.18. The van der Waals surface area contributed by atoms with E-state index in [1.807, 2.05) is 6.07 Å². The molecule has 4 rings (SSSR count). The van der Waals surface area contributed by atoms with E-state index in [2.05, 4.69) is 6.92 Å². The lowest BCUT2D eigenvalue weighted by Gasteiger charge is -2.17. The van der Waals surface area contributed by atoms with E-state index < -0.39 is 17.9 Å². The summed E-state index contributed by atoms with van der Waals surface area (Å²) in [6.45, 7) is 2.11. The van der Waals surface area contributed by atoms with Crippen LogP contribution in [0.25, 0.3) is 33.4 Å². The third kappa shape index (κ3) is 9.10. The molecule has 1 aliphatic heterocycles. The Kier molecular flexibility index (Phi) is 12.2. The average Bonchev–Trinajstić information content (AvgIpc) is 3.01. The smallest absolute Gasteiger partial charge is 0.336 e. The Morgan fingerprint density at radius 3 is 2.33 bits per heavy atom. The van der Waals surface area contributed by atoms with E-state index in [1.165, 1.54) is 24.3 Å². The molecule has 3 N–H and O–H groups in total. The second-order valence-electron chi connectivity index (χ2n) is 11.9. The van der Waals surface area contributed by atoms with E-state index in [4.69, 9.17) is 16.6 Å². The molecule has 2 aromatic rings. The summed E-state index contributed by atoms with van der Waals surface area (Å²) in [6, 6.07) is 14.1. The Morgan fingerprint density at radius 1 is 0.848 bits per heavy atom. The molecule has 0 fully saturated rings. The zero-order chi connectivity index (χ0) is 33.2. The first kappa shape index (κ1) is 34.5. The highest BCUT2D eigenvalue weighted by Gasteiger charge is 2.23. The number of hydrogen-bond donors (Lipinski definition) is 3. The Balaban J connectivity index is 1.40. The van der Waals surface area contributed by atoms with Crippen LogP contribution >= 0.6 is 12.2 Å². The summed E-state index contributed by atoms with van der Waals surface area (Å²) in [6.07, 6.45) is 8.29. The zero-order valence-electron chi connectivity index (χ0n) is 26.0. The molecule has 0 bridgehead atoms. The third-order valence-electron chi connectivity index (χ3n) is 8.30. The SMILES string of the molecule is CCCCCCC(=O)CC(CCCCCC(=S)Cc1ccc(-c2c3ccc(=O)cc-3oc3cc(O)ccc23)c(C(=O)O)c1)C(=O)O. The molecule has 9 heteroatoms. The number of carboxylic acids is 2. The number of aliphatic carboxylic acids is 1. The molecule has 1 atom stereocenters. The van der Waals surface area contributed by atoms with Gasteiger partial charge in [0.15, 0.2) is 5.43 Å². The Labute approximate surface area is 273 Å². The van der Waals surface area contributed by atoms with Crippen LogP contribution in [0.3, 0.4) is 0 Å². The summed E-state index contributed by atoms with van der Waals surface area (Å²) >= 11 is 5.63. The van der Waals surface area contributed by atoms with Gasteiger partial charge in [0.1, 0.15) is 22.9 Å². The second-order valence-corrected chi connectivity index (χ2v) is 12.5. The van der Waals surface area contributed by atoms with Gasteiger partial charge in [-0.2, -0.15) is 0 Å². The van der Waals surface area contributed by atoms with Crippen molar-refractivity contribution in [2.24, 2.45) is 5.92 Å². The number of aromatic carboxylic acids is 1. The number of rotatable bonds is 18. The van der Waals surface area contributed by atoms with Gasteiger partial charge in [0.05, 0.1) is 11.5 Å². The number of benzene rings is 3. The minimum atomic E-state index is -1.11. The molecule has 0 saturated heterocycles. The molecule has 2 aliphatic rings. The van der Waals surface area contributed by atoms with Crippen molar-refractivity contribution in [2.45, 2.75) is 84.0 Å². The summed E-state index contributed by atoms with van der Waals surface area (Å²) in [5.74, 6) is -2.40. The Hall–Kier alpha value is -4.37. The minimum absolute atomic E-state index is 0.0212. The first-order valence-electron chi connectivity index (χ1n) is 15.9. The molecule has 0 radical (unpaired) electrons. The molecule has 1 aliphatic carbocycles. The first-order valence-corrected chi connectivity index (χ1v) is 16.3. The van der Waals surface area contributed by atoms with E-state index in [0.717, 1.165) is 49.0 Å². The summed E-state index contributed by atoms with van der Waals surface area (Å²) in [5.41, 5.74) is 2.50. The van der Waals surface area contributed by atoms with Crippen LogP contribution in [0.2, 0.25) is 0 Å². The van der Waals surface area contributed by atoms with E-state index in [-0.39, 0.29) is 34.7 Å². The Bertz CT molecular complexity index is 1750. The topological polar surface area (TPSA) is 142 Å². The lowest BCUT2D eigenvalue weighted by atomic mass is 9.89. The fourth-order valence-corrected chi connectivity index (χ4v) is 6.20. The molecular weight excluding hydrogens is 604 g/mol. The highest BCUT2D eigenvalue weighted by atomic mass is 32.1. The third-order valence-corrected chi connectivity index (χ3v) is 8.65. The van der Waals surface area contributed by atoms with Crippen LogP contribution < -0.4 is 5.43 Å². The summed E-state index contributed by atoms with van der Waals surface area (Å²) in [7, 11) is 0. The van der Waals surface area contributed by atoms with Crippen LogP contribution in [-0.4, -0.2) is 37.9 Å². The molecule has 0 spiro atoms. The van der Waals surface area contributed by atoms with E-state index >= 15 is 0 Å². The predicted molar refractivity (Wildman–Crippen MR) is 182 cm³/mol. The number of ketones is 1. The van der Waals surface area contributed by atoms with Crippen molar-refractivity contribution in [2.75, 3.05) is 0 Å². The normalized spacial score (nSPS) is 11.9. The fourth-order valence-electron chi connectivity index (χ4n) is 5.89. The van der Waals surface area contributed by atoms with Crippen molar-refractivity contribution in [1.29, 1.82) is 0 Å². The summed E-state index contributed by atoms with van der Waals surface area (Å²) < 4.78 is 5.90. The van der Waals surface area contributed by atoms with Crippen LogP contribution in [0, 0.1) is 5.92 Å². The van der Waals surface area contributed by atoms with Gasteiger partial charge in [-0.3, -0.25) is 14.4 Å². The van der Waals surface area contributed by atoms with Gasteiger partial charge in [-0.15, -0.1) is 0 Å². The molecule has 1 heterocycles. The van der Waals surface area contributed by atoms with Crippen molar-refractivity contribution >= 4 is 45.8 Å². The zero-order valence-corrected chi connectivity index (χ0v) is 26.9. The summed E-state index contributed by atoms with van der Waals surface area (Å²) in [4.78, 5) is 49.3. The monoisotopic (exact) mass is 644 g/mol. The van der Waals surface area contributed by atoms with Crippen LogP contribution in [0.4, 0.5) is 0 Å². The molecule has 0 aromatic heterocycles. The van der Waals surface area contributed by atoms with Gasteiger partial charge >= 0.3 is 11.9 Å². The molecule has 2 aromatic carbocycles. The van der Waals surface area contributed by atoms with Crippen LogP contribution in [0.5, 0.6) is 5.75 Å². The van der Waals surface area contributed by atoms with Crippen molar-refractivity contribution < 1.29 is 34.1 Å². The maximum Gasteiger partial charge on any atom is 0.336 e. The molecule has 46 heavy (non-hydrogen) atoms. The second kappa shape index (κ2) is 16.3. The molecule has 0 saturated carbocycles. The minimum Gasteiger partial charge on any atom is -0.508 e. The van der Waals surface area contributed by atoms with Gasteiger partial charge in [-0.25, -0.2) is 4.79 Å². The van der Waals surface area contributed by atoms with Crippen LogP contribution in [0.1, 0.15) is 93.5 Å². The van der Waals surface area contributed by atoms with E-state index in [9.17, 15) is 34.5 Å². The molecule has 1 unspecified atom stereocenters. The van der Waals surface area contributed by atoms with Crippen molar-refractivity contribution in [3.63, 3.8) is 0 Å². The molecular formula is C37H40O8S. The number of carbonyl (C=O) groups is 3. The largest absolute Gasteiger partial charge is 0.508 e. The number of unbranched alkanes of at least 4 members (excludes halogenated alkanes) is 5. The molecule has 8 nitrogen and oxygen atoms in total. The van der Waals surface area contributed by atoms with Crippen LogP contribution in [-0.2, 0) is 16.0 Å². The molecule has 0 amide bonds. The maximum atomic E-state index is 12.5. The van der Waals surface area contributed by atoms with Gasteiger partial charge in [0.2, 0.25) is 0 Å². The highest BCUT2D eigenvalue weighted by Crippen LogP contribution is 2.42. The quantitative estimate of drug-likeness (QED) is 0.0552. The number of carbonyl (C=O) groups excluding carboxylic acids is 1.